The molecular formula is C18H17NO. The van der Waals surface area contributed by atoms with Gasteiger partial charge in [-0.05, 0) is 17.0 Å². The second kappa shape index (κ2) is 6.16. The van der Waals surface area contributed by atoms with Crippen molar-refractivity contribution in [2.45, 2.75) is 13.8 Å². The fraction of sp³-hybridized carbons (Fsp3) is 0.222. The van der Waals surface area contributed by atoms with Crippen molar-refractivity contribution in [1.29, 1.82) is 5.26 Å². The third-order valence-electron chi connectivity index (χ3n) is 3.36. The third kappa shape index (κ3) is 2.95. The van der Waals surface area contributed by atoms with Crippen LogP contribution in [-0.2, 0) is 0 Å². The maximum absolute atomic E-state index is 12.2. The average Bonchev–Trinajstić information content (AvgIpc) is 2.48. The second-order valence-corrected chi connectivity index (χ2v) is 5.16. The molecule has 0 aliphatic rings. The Kier molecular flexibility index (Phi) is 4.32. The van der Waals surface area contributed by atoms with Gasteiger partial charge in [-0.2, -0.15) is 5.26 Å². The summed E-state index contributed by atoms with van der Waals surface area (Å²) in [6.45, 7) is 3.79. The predicted octanol–water partition coefficient (Wildman–Crippen LogP) is 4.33. The molecule has 2 aromatic carbocycles. The Balaban J connectivity index is 2.25. The summed E-state index contributed by atoms with van der Waals surface area (Å²) in [6.07, 6.45) is 0. The van der Waals surface area contributed by atoms with Crippen LogP contribution in [0.5, 0.6) is 0 Å². The molecule has 2 heteroatoms. The van der Waals surface area contributed by atoms with Crippen LogP contribution in [0, 0.1) is 23.2 Å². The van der Waals surface area contributed by atoms with Gasteiger partial charge in [-0.15, -0.1) is 0 Å². The van der Waals surface area contributed by atoms with Gasteiger partial charge in [0.1, 0.15) is 5.92 Å². The van der Waals surface area contributed by atoms with E-state index in [1.165, 1.54) is 0 Å². The number of nitriles is 1. The summed E-state index contributed by atoms with van der Waals surface area (Å²) in [5, 5.41) is 9.09. The maximum Gasteiger partial charge on any atom is 0.180 e. The Hall–Kier alpha value is -2.40. The first-order chi connectivity index (χ1) is 9.63. The van der Waals surface area contributed by atoms with Gasteiger partial charge in [0, 0.05) is 5.56 Å². The van der Waals surface area contributed by atoms with Gasteiger partial charge >= 0.3 is 0 Å². The summed E-state index contributed by atoms with van der Waals surface area (Å²) in [5.41, 5.74) is 2.79. The van der Waals surface area contributed by atoms with Crippen LogP contribution in [0.4, 0.5) is 0 Å². The van der Waals surface area contributed by atoms with Gasteiger partial charge < -0.3 is 0 Å². The van der Waals surface area contributed by atoms with Gasteiger partial charge in [0.15, 0.2) is 5.78 Å². The quantitative estimate of drug-likeness (QED) is 0.770. The van der Waals surface area contributed by atoms with Crippen molar-refractivity contribution in [3.05, 3.63) is 60.2 Å². The zero-order valence-electron chi connectivity index (χ0n) is 11.7. The van der Waals surface area contributed by atoms with Crippen molar-refractivity contribution < 1.29 is 4.79 Å². The summed E-state index contributed by atoms with van der Waals surface area (Å²) in [6, 6.07) is 19.6. The minimum absolute atomic E-state index is 0.0290. The fourth-order valence-electron chi connectivity index (χ4n) is 2.15. The summed E-state index contributed by atoms with van der Waals surface area (Å²) >= 11 is 0. The van der Waals surface area contributed by atoms with E-state index in [0.29, 0.717) is 5.56 Å². The van der Waals surface area contributed by atoms with Crippen LogP contribution in [0.15, 0.2) is 54.6 Å². The molecule has 0 radical (unpaired) electrons. The van der Waals surface area contributed by atoms with Crippen molar-refractivity contribution in [3.63, 3.8) is 0 Å². The molecule has 2 aromatic rings. The molecular weight excluding hydrogens is 246 g/mol. The highest BCUT2D eigenvalue weighted by Crippen LogP contribution is 2.22. The molecule has 100 valence electrons. The van der Waals surface area contributed by atoms with Crippen LogP contribution in [0.2, 0.25) is 0 Å². The lowest BCUT2D eigenvalue weighted by molar-refractivity contribution is 0.0924. The van der Waals surface area contributed by atoms with E-state index >= 15 is 0 Å². The van der Waals surface area contributed by atoms with E-state index in [2.05, 4.69) is 6.07 Å². The molecule has 0 fully saturated rings. The van der Waals surface area contributed by atoms with Gasteiger partial charge in [0.05, 0.1) is 6.07 Å². The first-order valence-corrected chi connectivity index (χ1v) is 6.73. The standard InChI is InChI=1S/C18H17NO/c1-13(2)17(12-19)18(20)16-10-8-15(9-11-16)14-6-4-3-5-7-14/h3-11,13,17H,1-2H3. The Morgan fingerprint density at radius 2 is 1.50 bits per heavy atom. The number of benzene rings is 2. The number of hydrogen-bond donors (Lipinski definition) is 0. The number of hydrogen-bond acceptors (Lipinski definition) is 2. The number of rotatable bonds is 4. The molecule has 0 aliphatic carbocycles. The van der Waals surface area contributed by atoms with E-state index in [0.717, 1.165) is 11.1 Å². The predicted molar refractivity (Wildman–Crippen MR) is 80.1 cm³/mol. The maximum atomic E-state index is 12.2. The summed E-state index contributed by atoms with van der Waals surface area (Å²) in [5.74, 6) is -0.638. The molecule has 0 bridgehead atoms. The van der Waals surface area contributed by atoms with E-state index in [1.54, 1.807) is 12.1 Å². The number of carbonyl (C=O) groups excluding carboxylic acids is 1. The molecule has 0 aromatic heterocycles. The van der Waals surface area contributed by atoms with Gasteiger partial charge in [0.25, 0.3) is 0 Å². The number of ketones is 1. The van der Waals surface area contributed by atoms with Crippen LogP contribution in [0.1, 0.15) is 24.2 Å². The van der Waals surface area contributed by atoms with Crippen LogP contribution >= 0.6 is 0 Å². The second-order valence-electron chi connectivity index (χ2n) is 5.16. The zero-order chi connectivity index (χ0) is 14.5. The van der Waals surface area contributed by atoms with Gasteiger partial charge in [-0.25, -0.2) is 0 Å². The highest BCUT2D eigenvalue weighted by molar-refractivity contribution is 5.99. The normalized spacial score (nSPS) is 11.9. The number of Topliss-reactive ketones (excluding diaryl/α,β-unsaturated/α-hetero) is 1. The molecule has 1 unspecified atom stereocenters. The molecule has 1 atom stereocenters. The topological polar surface area (TPSA) is 40.9 Å². The van der Waals surface area contributed by atoms with Crippen molar-refractivity contribution in [2.75, 3.05) is 0 Å². The third-order valence-corrected chi connectivity index (χ3v) is 3.36. The Morgan fingerprint density at radius 3 is 2.00 bits per heavy atom. The summed E-state index contributed by atoms with van der Waals surface area (Å²) in [7, 11) is 0. The lowest BCUT2D eigenvalue weighted by Gasteiger charge is -2.12. The highest BCUT2D eigenvalue weighted by Gasteiger charge is 2.22. The Labute approximate surface area is 119 Å². The first kappa shape index (κ1) is 14.0. The highest BCUT2D eigenvalue weighted by atomic mass is 16.1. The van der Waals surface area contributed by atoms with Crippen molar-refractivity contribution in [3.8, 4) is 17.2 Å². The van der Waals surface area contributed by atoms with E-state index in [4.69, 9.17) is 5.26 Å². The minimum atomic E-state index is -0.572. The van der Waals surface area contributed by atoms with Crippen molar-refractivity contribution in [1.82, 2.24) is 0 Å². The fourth-order valence-corrected chi connectivity index (χ4v) is 2.15. The molecule has 20 heavy (non-hydrogen) atoms. The molecule has 2 rings (SSSR count). The van der Waals surface area contributed by atoms with Crippen molar-refractivity contribution in [2.24, 2.45) is 11.8 Å². The number of nitrogens with zero attached hydrogens (tertiary/aromatic N) is 1. The number of carbonyl (C=O) groups is 1. The smallest absolute Gasteiger partial charge is 0.180 e. The van der Waals surface area contributed by atoms with Crippen LogP contribution < -0.4 is 0 Å². The molecule has 0 spiro atoms. The van der Waals surface area contributed by atoms with E-state index in [-0.39, 0.29) is 11.7 Å². The Bertz CT molecular complexity index is 621. The lowest BCUT2D eigenvalue weighted by atomic mass is 9.89. The average molecular weight is 263 g/mol. The Morgan fingerprint density at radius 1 is 0.950 bits per heavy atom. The van der Waals surface area contributed by atoms with Crippen LogP contribution in [0.25, 0.3) is 11.1 Å². The summed E-state index contributed by atoms with van der Waals surface area (Å²) in [4.78, 5) is 12.2. The molecule has 0 saturated heterocycles. The molecule has 0 saturated carbocycles. The van der Waals surface area contributed by atoms with Gasteiger partial charge in [-0.1, -0.05) is 68.4 Å². The minimum Gasteiger partial charge on any atom is -0.293 e. The van der Waals surface area contributed by atoms with Crippen molar-refractivity contribution >= 4 is 5.78 Å². The molecule has 0 heterocycles. The van der Waals surface area contributed by atoms with Gasteiger partial charge in [-0.3, -0.25) is 4.79 Å². The molecule has 0 aliphatic heterocycles. The van der Waals surface area contributed by atoms with Gasteiger partial charge in [0.2, 0.25) is 0 Å². The van der Waals surface area contributed by atoms with Crippen LogP contribution in [0.3, 0.4) is 0 Å². The van der Waals surface area contributed by atoms with E-state index < -0.39 is 5.92 Å². The molecule has 0 amide bonds. The molecule has 0 N–H and O–H groups in total. The molecule has 2 nitrogen and oxygen atoms in total. The van der Waals surface area contributed by atoms with E-state index in [1.807, 2.05) is 56.3 Å². The lowest BCUT2D eigenvalue weighted by Crippen LogP contribution is -2.18. The monoisotopic (exact) mass is 263 g/mol. The SMILES string of the molecule is CC(C)C(C#N)C(=O)c1ccc(-c2ccccc2)cc1. The van der Waals surface area contributed by atoms with Crippen LogP contribution in [-0.4, -0.2) is 5.78 Å². The largest absolute Gasteiger partial charge is 0.293 e. The summed E-state index contributed by atoms with van der Waals surface area (Å²) < 4.78 is 0. The van der Waals surface area contributed by atoms with E-state index in [9.17, 15) is 4.79 Å². The zero-order valence-corrected chi connectivity index (χ0v) is 11.7. The first-order valence-electron chi connectivity index (χ1n) is 6.73.